The van der Waals surface area contributed by atoms with E-state index in [-0.39, 0.29) is 23.2 Å². The van der Waals surface area contributed by atoms with Crippen molar-refractivity contribution in [1.82, 2.24) is 9.14 Å². The molecule has 1 saturated carbocycles. The fourth-order valence-corrected chi connectivity index (χ4v) is 8.58. The topological polar surface area (TPSA) is 66.9 Å². The smallest absolute Gasteiger partial charge is 0.208 e. The number of phenolic OH excluding ortho intramolecular Hbond substituents is 1. The van der Waals surface area contributed by atoms with Crippen molar-refractivity contribution in [2.24, 2.45) is 18.4 Å². The Kier molecular flexibility index (Phi) is 7.35. The second-order valence-corrected chi connectivity index (χ2v) is 14.6. The second-order valence-electron chi connectivity index (χ2n) is 14.6. The van der Waals surface area contributed by atoms with Gasteiger partial charge in [0.2, 0.25) is 5.36 Å². The van der Waals surface area contributed by atoms with Crippen LogP contribution in [0.3, 0.4) is 0 Å². The molecule has 3 aliphatic rings. The molecule has 0 spiro atoms. The summed E-state index contributed by atoms with van der Waals surface area (Å²) in [7, 11) is 6.03. The number of rotatable bonds is 6. The largest absolute Gasteiger partial charge is 0.504 e. The van der Waals surface area contributed by atoms with Gasteiger partial charge in [-0.2, -0.15) is 0 Å². The third kappa shape index (κ3) is 4.76. The lowest BCUT2D eigenvalue weighted by molar-refractivity contribution is -0.138. The van der Waals surface area contributed by atoms with E-state index in [9.17, 15) is 10.2 Å². The van der Waals surface area contributed by atoms with Gasteiger partial charge >= 0.3 is 0 Å². The van der Waals surface area contributed by atoms with E-state index < -0.39 is 5.60 Å². The van der Waals surface area contributed by atoms with E-state index in [0.29, 0.717) is 18.2 Å². The summed E-state index contributed by atoms with van der Waals surface area (Å²) < 4.78 is 17.1. The number of aromatic nitrogens is 1. The number of phenols is 1. The Morgan fingerprint density at radius 1 is 1.09 bits per heavy atom. The van der Waals surface area contributed by atoms with Crippen molar-refractivity contribution in [3.63, 3.8) is 0 Å². The van der Waals surface area contributed by atoms with Crippen LogP contribution >= 0.6 is 0 Å². The van der Waals surface area contributed by atoms with Crippen LogP contribution in [0.4, 0.5) is 0 Å². The number of fused-ring (bicyclic) bond motifs is 4. The first-order chi connectivity index (χ1) is 21.9. The lowest BCUT2D eigenvalue weighted by Gasteiger charge is -2.55. The van der Waals surface area contributed by atoms with Crippen LogP contribution in [-0.4, -0.2) is 46.7 Å². The minimum atomic E-state index is -0.407. The van der Waals surface area contributed by atoms with Crippen LogP contribution in [0.1, 0.15) is 70.1 Å². The summed E-state index contributed by atoms with van der Waals surface area (Å²) in [5, 5.41) is 25.6. The molecule has 1 fully saturated rings. The Labute approximate surface area is 271 Å². The van der Waals surface area contributed by atoms with Crippen molar-refractivity contribution in [1.29, 1.82) is 0 Å². The lowest BCUT2D eigenvalue weighted by atomic mass is 9.57. The molecule has 4 aromatic rings. The highest BCUT2D eigenvalue weighted by Gasteiger charge is 2.54. The molecule has 0 radical (unpaired) electrons. The molecule has 0 amide bonds. The van der Waals surface area contributed by atoms with Crippen molar-refractivity contribution in [2.75, 3.05) is 14.2 Å². The third-order valence-electron chi connectivity index (χ3n) is 11.3. The normalized spacial score (nSPS) is 24.8. The zero-order chi connectivity index (χ0) is 32.5. The summed E-state index contributed by atoms with van der Waals surface area (Å²) in [6, 6.07) is 15.2. The van der Waals surface area contributed by atoms with Crippen LogP contribution in [0.25, 0.3) is 40.3 Å². The Morgan fingerprint density at radius 2 is 1.85 bits per heavy atom. The highest BCUT2D eigenvalue weighted by Crippen LogP contribution is 2.54. The Morgan fingerprint density at radius 3 is 2.59 bits per heavy atom. The summed E-state index contributed by atoms with van der Waals surface area (Å²) in [4.78, 5) is 0. The fourth-order valence-electron chi connectivity index (χ4n) is 8.58. The van der Waals surface area contributed by atoms with Crippen molar-refractivity contribution < 1.29 is 19.7 Å². The Balaban J connectivity index is 1.25. The van der Waals surface area contributed by atoms with Gasteiger partial charge < -0.3 is 24.3 Å². The van der Waals surface area contributed by atoms with E-state index in [4.69, 9.17) is 9.47 Å². The molecule has 4 unspecified atom stereocenters. The van der Waals surface area contributed by atoms with Crippen LogP contribution in [0, 0.1) is 11.3 Å². The minimum Gasteiger partial charge on any atom is -0.504 e. The molecule has 240 valence electrons. The van der Waals surface area contributed by atoms with E-state index in [1.54, 1.807) is 13.2 Å². The molecule has 2 aliphatic heterocycles. The molecule has 4 atom stereocenters. The fraction of sp³-hybridized carbons (Fsp3) is 0.425. The van der Waals surface area contributed by atoms with Crippen LogP contribution in [0.2, 0.25) is 0 Å². The van der Waals surface area contributed by atoms with E-state index in [1.165, 1.54) is 21.7 Å². The van der Waals surface area contributed by atoms with E-state index >= 15 is 0 Å². The second kappa shape index (κ2) is 11.0. The molecule has 6 heteroatoms. The van der Waals surface area contributed by atoms with Crippen LogP contribution < -0.4 is 24.6 Å². The molecule has 6 nitrogen and oxygen atoms in total. The first-order valence-corrected chi connectivity index (χ1v) is 16.7. The van der Waals surface area contributed by atoms with Gasteiger partial charge in [0, 0.05) is 42.6 Å². The number of benzene rings is 3. The quantitative estimate of drug-likeness (QED) is 0.196. The number of hydrogen-bond donors (Lipinski definition) is 2. The van der Waals surface area contributed by atoms with E-state index in [2.05, 4.69) is 106 Å². The molecule has 2 N–H and O–H groups in total. The number of ether oxygens (including phenoxy) is 2. The number of aliphatic hydroxyl groups is 1. The lowest BCUT2D eigenvalue weighted by Crippen LogP contribution is -2.58. The zero-order valence-corrected chi connectivity index (χ0v) is 28.2. The van der Waals surface area contributed by atoms with Gasteiger partial charge in [-0.15, -0.1) is 0 Å². The number of nitrogens with zero attached hydrogens (tertiary/aromatic N) is 2. The van der Waals surface area contributed by atoms with Gasteiger partial charge in [0.25, 0.3) is 0 Å². The van der Waals surface area contributed by atoms with Crippen LogP contribution in [0.15, 0.2) is 48.7 Å². The molecule has 7 rings (SSSR count). The summed E-state index contributed by atoms with van der Waals surface area (Å²) in [6.45, 7) is 8.65. The van der Waals surface area contributed by atoms with Gasteiger partial charge in [0.1, 0.15) is 18.4 Å². The molecule has 3 aromatic carbocycles. The van der Waals surface area contributed by atoms with E-state index in [1.807, 2.05) is 6.08 Å². The molecule has 1 aliphatic carbocycles. The predicted octanol–water partition coefficient (Wildman–Crippen LogP) is 6.30. The van der Waals surface area contributed by atoms with Gasteiger partial charge in [-0.1, -0.05) is 45.1 Å². The van der Waals surface area contributed by atoms with Crippen LogP contribution in [0.5, 0.6) is 17.2 Å². The van der Waals surface area contributed by atoms with Gasteiger partial charge in [0.05, 0.1) is 23.9 Å². The summed E-state index contributed by atoms with van der Waals surface area (Å²) in [5.41, 5.74) is 5.72. The predicted molar refractivity (Wildman–Crippen MR) is 187 cm³/mol. The average molecular weight is 620 g/mol. The Bertz CT molecular complexity index is 2020. The number of aryl methyl sites for hydroxylation is 1. The van der Waals surface area contributed by atoms with Crippen molar-refractivity contribution >= 4 is 29.1 Å². The van der Waals surface area contributed by atoms with Gasteiger partial charge in [-0.3, -0.25) is 0 Å². The number of aromatic hydroxyl groups is 1. The van der Waals surface area contributed by atoms with Crippen molar-refractivity contribution in [2.45, 2.75) is 77.5 Å². The molecular weight excluding hydrogens is 572 g/mol. The molecule has 46 heavy (non-hydrogen) atoms. The monoisotopic (exact) mass is 619 g/mol. The van der Waals surface area contributed by atoms with Crippen LogP contribution in [-0.2, 0) is 13.5 Å². The number of aliphatic hydroxyl groups excluding tert-OH is 1. The Hall–Kier alpha value is -4.03. The molecular formula is C40H47N2O4+. The highest BCUT2D eigenvalue weighted by atomic mass is 16.5. The zero-order valence-electron chi connectivity index (χ0n) is 28.2. The van der Waals surface area contributed by atoms with Gasteiger partial charge in [0.15, 0.2) is 17.5 Å². The third-order valence-corrected chi connectivity index (χ3v) is 11.3. The standard InChI is InChI=1S/C40H46N2O4/c1-8-10-27-22-29-28(11-9-12-31(29)42(27)6)30-23-41(5)32-18-25(20-34(45-7)37(30)32)14-13-24-17-26-21-35-39(2,3)36(44)15-16-40(35,4)46-38(26)33(43)19-24/h9,11-14,17-20,22-23,27,35-36,44H,8,10,15-16,21H2,1-7H3/p+1. The minimum absolute atomic E-state index is 0.148. The summed E-state index contributed by atoms with van der Waals surface area (Å²) >= 11 is 0. The number of methoxy groups -OCH3 is 1. The average Bonchev–Trinajstić information content (AvgIpc) is 3.54. The molecule has 0 bridgehead atoms. The van der Waals surface area contributed by atoms with Crippen molar-refractivity contribution in [3.8, 4) is 28.4 Å². The first kappa shape index (κ1) is 30.6. The van der Waals surface area contributed by atoms with Crippen molar-refractivity contribution in [3.05, 3.63) is 75.9 Å². The maximum Gasteiger partial charge on any atom is 0.208 e. The SMILES string of the molecule is CCCC1C=c2c(-c3cn(C)c4cc(C=Cc5cc(O)c6c(c5)CC5C(C)(CCC(O)C5(C)C)O6)cc(OC)c34)cccc2=[N+]1C. The first-order valence-electron chi connectivity index (χ1n) is 16.7. The summed E-state index contributed by atoms with van der Waals surface area (Å²) in [5.74, 6) is 1.73. The van der Waals surface area contributed by atoms with Gasteiger partial charge in [-0.05, 0) is 90.6 Å². The van der Waals surface area contributed by atoms with E-state index in [0.717, 1.165) is 59.0 Å². The van der Waals surface area contributed by atoms with Gasteiger partial charge in [-0.25, -0.2) is 4.58 Å². The maximum absolute atomic E-state index is 11.1. The summed E-state index contributed by atoms with van der Waals surface area (Å²) in [6.07, 6.45) is 12.9. The molecule has 3 heterocycles. The molecule has 0 saturated heterocycles. The maximum atomic E-state index is 11.1. The number of hydrogen-bond acceptors (Lipinski definition) is 4. The highest BCUT2D eigenvalue weighted by molar-refractivity contribution is 6.02. The molecule has 1 aromatic heterocycles.